The third-order valence-corrected chi connectivity index (χ3v) is 0.742. The zero-order valence-corrected chi connectivity index (χ0v) is 7.00. The number of carbonyl (C=O) groups excluding carboxylic acids is 1. The average Bonchev–Trinajstić information content (AvgIpc) is 1.78. The molecule has 0 amide bonds. The van der Waals surface area contributed by atoms with Crippen molar-refractivity contribution >= 4 is 24.8 Å². The van der Waals surface area contributed by atoms with Crippen molar-refractivity contribution in [2.75, 3.05) is 6.61 Å². The predicted molar refractivity (Wildman–Crippen MR) is 33.4 cm³/mol. The molecule has 0 bridgehead atoms. The van der Waals surface area contributed by atoms with Crippen LogP contribution in [0.5, 0.6) is 0 Å². The Labute approximate surface area is 86.8 Å². The van der Waals surface area contributed by atoms with Crippen LogP contribution in [-0.2, 0) is 9.53 Å². The Morgan fingerprint density at radius 1 is 1.00 bits per heavy atom. The maximum atomic E-state index is 11.3. The Morgan fingerprint density at radius 2 is 1.43 bits per heavy atom. The van der Waals surface area contributed by atoms with Gasteiger partial charge in [-0.1, -0.05) is 0 Å². The normalized spacial score (nSPS) is 11.9. The molecule has 79 valence electrons. The summed E-state index contributed by atoms with van der Waals surface area (Å²) in [5, 5.41) is 0. The van der Waals surface area contributed by atoms with E-state index in [0.29, 0.717) is 0 Å². The molecule has 0 aromatic rings. The van der Waals surface area contributed by atoms with E-state index < -0.39 is 31.3 Å². The van der Waals surface area contributed by atoms with Crippen LogP contribution in [0.2, 0.25) is 0 Å². The van der Waals surface area contributed by atoms with Gasteiger partial charge in [-0.15, -0.1) is 0 Å². The van der Waals surface area contributed by atoms with Gasteiger partial charge in [0, 0.05) is 18.9 Å². The third kappa shape index (κ3) is 11.6. The molecule has 2 nitrogen and oxygen atoms in total. The standard InChI is InChI=1S/C5H4F6O2.Li/c6-4(7,8)1-3(12)13-2-5(9,10)11;/h1-2H2;. The Kier molecular flexibility index (Phi) is 6.33. The first-order valence-corrected chi connectivity index (χ1v) is 2.89. The van der Waals surface area contributed by atoms with Crippen LogP contribution in [0, 0.1) is 0 Å². The SMILES string of the molecule is O=C(CC(F)(F)F)OCC(F)(F)F.[Li]. The molecular formula is C5H4F6LiO2. The summed E-state index contributed by atoms with van der Waals surface area (Å²) < 4.78 is 71.2. The molecule has 0 atom stereocenters. The van der Waals surface area contributed by atoms with Crippen molar-refractivity contribution in [1.29, 1.82) is 0 Å². The summed E-state index contributed by atoms with van der Waals surface area (Å²) in [7, 11) is 0. The van der Waals surface area contributed by atoms with Crippen LogP contribution in [0.3, 0.4) is 0 Å². The third-order valence-electron chi connectivity index (χ3n) is 0.742. The number of alkyl halides is 6. The van der Waals surface area contributed by atoms with E-state index in [1.807, 2.05) is 0 Å². The van der Waals surface area contributed by atoms with Crippen LogP contribution < -0.4 is 0 Å². The molecule has 1 radical (unpaired) electrons. The minimum Gasteiger partial charge on any atom is -0.456 e. The number of halogens is 6. The fourth-order valence-electron chi connectivity index (χ4n) is 0.377. The van der Waals surface area contributed by atoms with Crippen LogP contribution >= 0.6 is 0 Å². The quantitative estimate of drug-likeness (QED) is 0.399. The summed E-state index contributed by atoms with van der Waals surface area (Å²) in [5.74, 6) is -1.94. The molecule has 0 rings (SSSR count). The number of ether oxygens (including phenoxy) is 1. The number of hydrogen-bond acceptors (Lipinski definition) is 2. The molecule has 0 saturated carbocycles. The molecule has 0 N–H and O–H groups in total. The topological polar surface area (TPSA) is 26.3 Å². The molecule has 0 aromatic carbocycles. The molecule has 0 aromatic heterocycles. The summed E-state index contributed by atoms with van der Waals surface area (Å²) >= 11 is 0. The van der Waals surface area contributed by atoms with E-state index in [1.165, 1.54) is 0 Å². The molecule has 9 heteroatoms. The zero-order chi connectivity index (χ0) is 10.7. The van der Waals surface area contributed by atoms with Gasteiger partial charge in [0.2, 0.25) is 0 Å². The fraction of sp³-hybridized carbons (Fsp3) is 0.800. The number of rotatable bonds is 2. The van der Waals surface area contributed by atoms with Gasteiger partial charge in [-0.3, -0.25) is 4.79 Å². The molecule has 14 heavy (non-hydrogen) atoms. The van der Waals surface area contributed by atoms with Crippen LogP contribution in [0.4, 0.5) is 26.3 Å². The summed E-state index contributed by atoms with van der Waals surface area (Å²) in [5.41, 5.74) is 0. The van der Waals surface area contributed by atoms with Gasteiger partial charge < -0.3 is 4.74 Å². The zero-order valence-electron chi connectivity index (χ0n) is 7.00. The molecule has 0 fully saturated rings. The van der Waals surface area contributed by atoms with E-state index in [9.17, 15) is 31.1 Å². The molecule has 0 aliphatic heterocycles. The van der Waals surface area contributed by atoms with Gasteiger partial charge in [0.15, 0.2) is 6.61 Å². The number of hydrogen-bond donors (Lipinski definition) is 0. The van der Waals surface area contributed by atoms with Crippen molar-refractivity contribution in [3.05, 3.63) is 0 Å². The van der Waals surface area contributed by atoms with Crippen molar-refractivity contribution in [3.63, 3.8) is 0 Å². The fourth-order valence-corrected chi connectivity index (χ4v) is 0.377. The van der Waals surface area contributed by atoms with E-state index in [0.717, 1.165) is 0 Å². The largest absolute Gasteiger partial charge is 0.456 e. The Balaban J connectivity index is 0. The van der Waals surface area contributed by atoms with Crippen molar-refractivity contribution < 1.29 is 35.9 Å². The second kappa shape index (κ2) is 5.51. The van der Waals surface area contributed by atoms with Crippen molar-refractivity contribution in [1.82, 2.24) is 0 Å². The van der Waals surface area contributed by atoms with E-state index in [1.54, 1.807) is 0 Å². The summed E-state index contributed by atoms with van der Waals surface area (Å²) in [4.78, 5) is 10.1. The monoisotopic (exact) mass is 217 g/mol. The van der Waals surface area contributed by atoms with Gasteiger partial charge in [-0.2, -0.15) is 26.3 Å². The van der Waals surface area contributed by atoms with Gasteiger partial charge >= 0.3 is 18.3 Å². The summed E-state index contributed by atoms with van der Waals surface area (Å²) in [6.45, 7) is -2.00. The van der Waals surface area contributed by atoms with Gasteiger partial charge in [0.1, 0.15) is 6.42 Å². The van der Waals surface area contributed by atoms with E-state index >= 15 is 0 Å². The minimum absolute atomic E-state index is 0. The first kappa shape index (κ1) is 16.1. The first-order chi connectivity index (χ1) is 5.60. The molecule has 0 aliphatic rings. The molecular weight excluding hydrogens is 213 g/mol. The van der Waals surface area contributed by atoms with Gasteiger partial charge in [0.05, 0.1) is 0 Å². The second-order valence-corrected chi connectivity index (χ2v) is 2.07. The first-order valence-electron chi connectivity index (χ1n) is 2.89. The van der Waals surface area contributed by atoms with Crippen molar-refractivity contribution in [2.45, 2.75) is 18.8 Å². The Hall–Kier alpha value is -0.353. The molecule has 0 heterocycles. The van der Waals surface area contributed by atoms with Gasteiger partial charge in [-0.25, -0.2) is 0 Å². The molecule has 0 aliphatic carbocycles. The Morgan fingerprint density at radius 3 is 1.71 bits per heavy atom. The predicted octanol–water partition coefficient (Wildman–Crippen LogP) is 1.66. The van der Waals surface area contributed by atoms with E-state index in [2.05, 4.69) is 4.74 Å². The Bertz CT molecular complexity index is 186. The number of carbonyl (C=O) groups is 1. The van der Waals surface area contributed by atoms with Crippen LogP contribution in [0.1, 0.15) is 6.42 Å². The molecule has 0 saturated heterocycles. The summed E-state index contributed by atoms with van der Waals surface area (Å²) in [6, 6.07) is 0. The maximum Gasteiger partial charge on any atom is 0.422 e. The molecule has 0 spiro atoms. The van der Waals surface area contributed by atoms with Gasteiger partial charge in [0.25, 0.3) is 0 Å². The van der Waals surface area contributed by atoms with Crippen LogP contribution in [0.25, 0.3) is 0 Å². The minimum atomic E-state index is -4.84. The maximum absolute atomic E-state index is 11.3. The van der Waals surface area contributed by atoms with Crippen LogP contribution in [-0.4, -0.2) is 43.8 Å². The summed E-state index contributed by atoms with van der Waals surface area (Å²) in [6.07, 6.45) is -11.7. The second-order valence-electron chi connectivity index (χ2n) is 2.07. The van der Waals surface area contributed by atoms with Gasteiger partial charge in [-0.05, 0) is 0 Å². The van der Waals surface area contributed by atoms with Crippen molar-refractivity contribution in [3.8, 4) is 0 Å². The average molecular weight is 217 g/mol. The van der Waals surface area contributed by atoms with Crippen LogP contribution in [0.15, 0.2) is 0 Å². The molecule has 0 unspecified atom stereocenters. The number of esters is 1. The van der Waals surface area contributed by atoms with Crippen molar-refractivity contribution in [2.24, 2.45) is 0 Å². The van der Waals surface area contributed by atoms with E-state index in [-0.39, 0.29) is 18.9 Å². The van der Waals surface area contributed by atoms with E-state index in [4.69, 9.17) is 0 Å². The smallest absolute Gasteiger partial charge is 0.422 e.